The van der Waals surface area contributed by atoms with Crippen molar-refractivity contribution in [2.75, 3.05) is 13.2 Å². The molecular weight excluding hydrogens is 308 g/mol. The fourth-order valence-electron chi connectivity index (χ4n) is 2.72. The summed E-state index contributed by atoms with van der Waals surface area (Å²) in [6.45, 7) is 6.66. The van der Waals surface area contributed by atoms with E-state index < -0.39 is 6.04 Å². The molecule has 0 saturated heterocycles. The van der Waals surface area contributed by atoms with E-state index >= 15 is 0 Å². The maximum atomic E-state index is 12.0. The molecule has 0 spiro atoms. The van der Waals surface area contributed by atoms with Gasteiger partial charge in [-0.3, -0.25) is 4.79 Å². The van der Waals surface area contributed by atoms with E-state index in [0.29, 0.717) is 13.2 Å². The van der Waals surface area contributed by atoms with Crippen LogP contribution in [0.2, 0.25) is 0 Å². The number of para-hydroxylation sites is 1. The molecular formula is C17H22N4O3. The van der Waals surface area contributed by atoms with Crippen LogP contribution in [0.25, 0.3) is 0 Å². The summed E-state index contributed by atoms with van der Waals surface area (Å²) in [6.07, 6.45) is 3.79. The lowest BCUT2D eigenvalue weighted by Crippen LogP contribution is -2.34. The van der Waals surface area contributed by atoms with Gasteiger partial charge in [-0.15, -0.1) is 0 Å². The van der Waals surface area contributed by atoms with Crippen LogP contribution in [0.1, 0.15) is 32.4 Å². The fourth-order valence-corrected chi connectivity index (χ4v) is 2.72. The molecule has 0 unspecified atom stereocenters. The van der Waals surface area contributed by atoms with Crippen molar-refractivity contribution >= 4 is 5.91 Å². The third-order valence-corrected chi connectivity index (χ3v) is 3.93. The Hall–Kier alpha value is -2.57. The minimum absolute atomic E-state index is 0.125. The van der Waals surface area contributed by atoms with Gasteiger partial charge in [0, 0.05) is 12.0 Å². The maximum absolute atomic E-state index is 12.0. The van der Waals surface area contributed by atoms with Crippen molar-refractivity contribution < 1.29 is 14.3 Å². The molecule has 1 amide bonds. The molecule has 2 heterocycles. The van der Waals surface area contributed by atoms with Crippen LogP contribution in [-0.4, -0.2) is 39.4 Å². The molecule has 1 aromatic heterocycles. The third kappa shape index (κ3) is 3.50. The number of benzene rings is 1. The number of carbonyl (C=O) groups is 1. The van der Waals surface area contributed by atoms with Crippen LogP contribution in [0, 0.1) is 0 Å². The normalized spacial score (nSPS) is 16.1. The molecule has 1 aliphatic heterocycles. The summed E-state index contributed by atoms with van der Waals surface area (Å²) >= 11 is 0. The van der Waals surface area contributed by atoms with E-state index in [2.05, 4.69) is 35.3 Å². The number of rotatable bonds is 6. The molecule has 0 aliphatic carbocycles. The zero-order chi connectivity index (χ0) is 17.2. The average Bonchev–Trinajstić information content (AvgIpc) is 3.16. The van der Waals surface area contributed by atoms with Gasteiger partial charge in [0.2, 0.25) is 5.91 Å². The smallest absolute Gasteiger partial charge is 0.244 e. The first-order valence-corrected chi connectivity index (χ1v) is 8.02. The largest absolute Gasteiger partial charge is 0.488 e. The number of ether oxygens (including phenoxy) is 2. The van der Waals surface area contributed by atoms with Gasteiger partial charge >= 0.3 is 0 Å². The van der Waals surface area contributed by atoms with E-state index in [9.17, 15) is 4.79 Å². The second kappa shape index (κ2) is 6.51. The molecule has 2 aromatic rings. The first-order valence-electron chi connectivity index (χ1n) is 8.02. The minimum Gasteiger partial charge on any atom is -0.488 e. The maximum Gasteiger partial charge on any atom is 0.244 e. The summed E-state index contributed by atoms with van der Waals surface area (Å²) in [4.78, 5) is 15.9. The molecule has 1 aliphatic rings. The zero-order valence-corrected chi connectivity index (χ0v) is 14.2. The summed E-state index contributed by atoms with van der Waals surface area (Å²) in [6, 6.07) is 5.50. The van der Waals surface area contributed by atoms with E-state index in [1.165, 1.54) is 17.3 Å². The number of amides is 1. The van der Waals surface area contributed by atoms with Gasteiger partial charge in [0.15, 0.2) is 11.5 Å². The van der Waals surface area contributed by atoms with Gasteiger partial charge in [-0.2, -0.15) is 5.10 Å². The van der Waals surface area contributed by atoms with Crippen LogP contribution in [0.3, 0.4) is 0 Å². The SMILES string of the molecule is C[C@H](C(=O)NCCOc1cccc2c1OC(C)(C)C2)n1cncn1. The number of carbonyl (C=O) groups excluding carboxylic acids is 1. The van der Waals surface area contributed by atoms with E-state index in [1.807, 2.05) is 12.1 Å². The molecule has 0 saturated carbocycles. The van der Waals surface area contributed by atoms with E-state index in [1.54, 1.807) is 6.92 Å². The Balaban J connectivity index is 1.50. The van der Waals surface area contributed by atoms with Gasteiger partial charge in [-0.1, -0.05) is 12.1 Å². The number of aromatic nitrogens is 3. The molecule has 0 bridgehead atoms. The number of hydrogen-bond donors (Lipinski definition) is 1. The quantitative estimate of drug-likeness (QED) is 0.817. The first-order chi connectivity index (χ1) is 11.5. The van der Waals surface area contributed by atoms with Gasteiger partial charge in [0.25, 0.3) is 0 Å². The Morgan fingerprint density at radius 2 is 2.33 bits per heavy atom. The molecule has 7 nitrogen and oxygen atoms in total. The van der Waals surface area contributed by atoms with Crippen LogP contribution in [-0.2, 0) is 11.2 Å². The van der Waals surface area contributed by atoms with Crippen molar-refractivity contribution in [1.29, 1.82) is 0 Å². The number of fused-ring (bicyclic) bond motifs is 1. The molecule has 0 radical (unpaired) electrons. The van der Waals surface area contributed by atoms with Crippen LogP contribution in [0.15, 0.2) is 30.9 Å². The van der Waals surface area contributed by atoms with E-state index in [4.69, 9.17) is 9.47 Å². The average molecular weight is 330 g/mol. The van der Waals surface area contributed by atoms with Crippen LogP contribution in [0.5, 0.6) is 11.5 Å². The lowest BCUT2D eigenvalue weighted by Gasteiger charge is -2.18. The molecule has 1 aromatic carbocycles. The molecule has 24 heavy (non-hydrogen) atoms. The van der Waals surface area contributed by atoms with Crippen LogP contribution >= 0.6 is 0 Å². The Morgan fingerprint density at radius 3 is 3.08 bits per heavy atom. The summed E-state index contributed by atoms with van der Waals surface area (Å²) in [7, 11) is 0. The minimum atomic E-state index is -0.405. The first kappa shape index (κ1) is 16.3. The van der Waals surface area contributed by atoms with Crippen LogP contribution in [0.4, 0.5) is 0 Å². The Morgan fingerprint density at radius 1 is 1.50 bits per heavy atom. The zero-order valence-electron chi connectivity index (χ0n) is 14.2. The molecule has 7 heteroatoms. The Bertz CT molecular complexity index is 713. The highest BCUT2D eigenvalue weighted by molar-refractivity contribution is 5.79. The van der Waals surface area contributed by atoms with Crippen molar-refractivity contribution in [2.24, 2.45) is 0 Å². The Labute approximate surface area is 141 Å². The van der Waals surface area contributed by atoms with Crippen molar-refractivity contribution in [2.45, 2.75) is 38.8 Å². The van der Waals surface area contributed by atoms with E-state index in [0.717, 1.165) is 23.5 Å². The summed E-state index contributed by atoms with van der Waals surface area (Å²) in [5, 5.41) is 6.79. The van der Waals surface area contributed by atoms with E-state index in [-0.39, 0.29) is 11.5 Å². The topological polar surface area (TPSA) is 78.3 Å². The van der Waals surface area contributed by atoms with Crippen molar-refractivity contribution in [3.8, 4) is 11.5 Å². The predicted molar refractivity (Wildman–Crippen MR) is 88.1 cm³/mol. The molecule has 1 atom stereocenters. The van der Waals surface area contributed by atoms with Crippen molar-refractivity contribution in [1.82, 2.24) is 20.1 Å². The number of nitrogens with zero attached hydrogens (tertiary/aromatic N) is 3. The fraction of sp³-hybridized carbons (Fsp3) is 0.471. The Kier molecular flexibility index (Phi) is 4.42. The molecule has 1 N–H and O–H groups in total. The third-order valence-electron chi connectivity index (χ3n) is 3.93. The highest BCUT2D eigenvalue weighted by Crippen LogP contribution is 2.41. The second-order valence-corrected chi connectivity index (χ2v) is 6.47. The highest BCUT2D eigenvalue weighted by atomic mass is 16.5. The standard InChI is InChI=1S/C17H22N4O3/c1-12(21-11-18-10-20-21)16(22)19-7-8-23-14-6-4-5-13-9-17(2,3)24-15(13)14/h4-6,10-12H,7-9H2,1-3H3,(H,19,22)/t12-/m1/s1. The molecule has 3 rings (SSSR count). The summed E-state index contributed by atoms with van der Waals surface area (Å²) < 4.78 is 13.3. The van der Waals surface area contributed by atoms with Gasteiger partial charge in [-0.05, 0) is 26.8 Å². The predicted octanol–water partition coefficient (Wildman–Crippen LogP) is 1.75. The highest BCUT2D eigenvalue weighted by Gasteiger charge is 2.32. The molecule has 0 fully saturated rings. The lowest BCUT2D eigenvalue weighted by atomic mass is 10.0. The van der Waals surface area contributed by atoms with Crippen molar-refractivity contribution in [3.63, 3.8) is 0 Å². The van der Waals surface area contributed by atoms with Crippen molar-refractivity contribution in [3.05, 3.63) is 36.4 Å². The van der Waals surface area contributed by atoms with Gasteiger partial charge < -0.3 is 14.8 Å². The lowest BCUT2D eigenvalue weighted by molar-refractivity contribution is -0.124. The molecule has 128 valence electrons. The monoisotopic (exact) mass is 330 g/mol. The number of hydrogen-bond acceptors (Lipinski definition) is 5. The van der Waals surface area contributed by atoms with Crippen LogP contribution < -0.4 is 14.8 Å². The summed E-state index contributed by atoms with van der Waals surface area (Å²) in [5.74, 6) is 1.40. The second-order valence-electron chi connectivity index (χ2n) is 6.47. The summed E-state index contributed by atoms with van der Waals surface area (Å²) in [5.41, 5.74) is 0.949. The van der Waals surface area contributed by atoms with Gasteiger partial charge in [-0.25, -0.2) is 9.67 Å². The van der Waals surface area contributed by atoms with Gasteiger partial charge in [0.05, 0.1) is 6.54 Å². The van der Waals surface area contributed by atoms with Gasteiger partial charge in [0.1, 0.15) is 30.9 Å². The number of nitrogens with one attached hydrogen (secondary N) is 1.